The van der Waals surface area contributed by atoms with E-state index in [-0.39, 0.29) is 11.9 Å². The average molecular weight is 282 g/mol. The van der Waals surface area contributed by atoms with Crippen LogP contribution in [0.3, 0.4) is 0 Å². The molecule has 1 atom stereocenters. The summed E-state index contributed by atoms with van der Waals surface area (Å²) in [6.07, 6.45) is 3.88. The molecule has 1 N–H and O–H groups in total. The molecule has 0 saturated carbocycles. The Bertz CT molecular complexity index is 796. The lowest BCUT2D eigenvalue weighted by molar-refractivity contribution is 0.517. The van der Waals surface area contributed by atoms with E-state index in [0.717, 1.165) is 29.9 Å². The molecule has 21 heavy (non-hydrogen) atoms. The second-order valence-corrected chi connectivity index (χ2v) is 5.36. The van der Waals surface area contributed by atoms with Gasteiger partial charge in [-0.15, -0.1) is 10.2 Å². The zero-order valence-electron chi connectivity index (χ0n) is 11.5. The van der Waals surface area contributed by atoms with Crippen molar-refractivity contribution in [3.05, 3.63) is 65.4 Å². The Labute approximate surface area is 121 Å². The summed E-state index contributed by atoms with van der Waals surface area (Å²) in [6, 6.07) is 11.2. The molecule has 0 radical (unpaired) electrons. The van der Waals surface area contributed by atoms with E-state index in [1.807, 2.05) is 34.9 Å². The standard InChI is InChI=1S/C16H15FN4/c17-12-5-6-13-11(9-12)4-7-14(13)18-10-16-20-19-15-3-1-2-8-21(15)16/h1-3,5-6,8-9,14,18H,4,7,10H2. The molecular weight excluding hydrogens is 267 g/mol. The van der Waals surface area contributed by atoms with E-state index >= 15 is 0 Å². The quantitative estimate of drug-likeness (QED) is 0.803. The van der Waals surface area contributed by atoms with Gasteiger partial charge in [-0.2, -0.15) is 0 Å². The van der Waals surface area contributed by atoms with Gasteiger partial charge in [0.1, 0.15) is 5.82 Å². The van der Waals surface area contributed by atoms with Crippen LogP contribution in [0.15, 0.2) is 42.6 Å². The predicted molar refractivity (Wildman–Crippen MR) is 77.3 cm³/mol. The Balaban J connectivity index is 1.54. The van der Waals surface area contributed by atoms with Crippen LogP contribution >= 0.6 is 0 Å². The van der Waals surface area contributed by atoms with Gasteiger partial charge >= 0.3 is 0 Å². The van der Waals surface area contributed by atoms with Gasteiger partial charge in [-0.1, -0.05) is 12.1 Å². The lowest BCUT2D eigenvalue weighted by Gasteiger charge is -2.13. The van der Waals surface area contributed by atoms with E-state index in [0.29, 0.717) is 6.54 Å². The molecule has 3 aromatic rings. The molecule has 0 saturated heterocycles. The molecule has 0 spiro atoms. The van der Waals surface area contributed by atoms with Crippen molar-refractivity contribution in [1.82, 2.24) is 19.9 Å². The van der Waals surface area contributed by atoms with Crippen molar-refractivity contribution in [3.63, 3.8) is 0 Å². The van der Waals surface area contributed by atoms with Crippen molar-refractivity contribution in [2.75, 3.05) is 0 Å². The molecule has 0 fully saturated rings. The fraction of sp³-hybridized carbons (Fsp3) is 0.250. The maximum Gasteiger partial charge on any atom is 0.160 e. The summed E-state index contributed by atoms with van der Waals surface area (Å²) >= 11 is 0. The van der Waals surface area contributed by atoms with Crippen molar-refractivity contribution < 1.29 is 4.39 Å². The third-order valence-corrected chi connectivity index (χ3v) is 4.07. The maximum atomic E-state index is 13.2. The first-order valence-electron chi connectivity index (χ1n) is 7.11. The number of benzene rings is 1. The highest BCUT2D eigenvalue weighted by Crippen LogP contribution is 2.31. The first kappa shape index (κ1) is 12.5. The minimum absolute atomic E-state index is 0.155. The van der Waals surface area contributed by atoms with Crippen LogP contribution in [-0.2, 0) is 13.0 Å². The topological polar surface area (TPSA) is 42.2 Å². The molecule has 2 heterocycles. The van der Waals surface area contributed by atoms with E-state index in [9.17, 15) is 4.39 Å². The van der Waals surface area contributed by atoms with Crippen LogP contribution in [0.1, 0.15) is 29.4 Å². The van der Waals surface area contributed by atoms with Gasteiger partial charge in [0, 0.05) is 12.2 Å². The Hall–Kier alpha value is -2.27. The van der Waals surface area contributed by atoms with Crippen LogP contribution in [-0.4, -0.2) is 14.6 Å². The Morgan fingerprint density at radius 2 is 2.19 bits per heavy atom. The molecule has 0 amide bonds. The van der Waals surface area contributed by atoms with Crippen molar-refractivity contribution in [1.29, 1.82) is 0 Å². The van der Waals surface area contributed by atoms with Gasteiger partial charge in [0.2, 0.25) is 0 Å². The summed E-state index contributed by atoms with van der Waals surface area (Å²) in [5, 5.41) is 11.9. The highest BCUT2D eigenvalue weighted by Gasteiger charge is 2.22. The first-order valence-corrected chi connectivity index (χ1v) is 7.11. The van der Waals surface area contributed by atoms with Gasteiger partial charge in [-0.3, -0.25) is 4.40 Å². The van der Waals surface area contributed by atoms with Crippen LogP contribution in [0.25, 0.3) is 5.65 Å². The van der Waals surface area contributed by atoms with Crippen molar-refractivity contribution in [2.24, 2.45) is 0 Å². The van der Waals surface area contributed by atoms with E-state index < -0.39 is 0 Å². The largest absolute Gasteiger partial charge is 0.303 e. The predicted octanol–water partition coefficient (Wildman–Crippen LogP) is 2.65. The van der Waals surface area contributed by atoms with Crippen molar-refractivity contribution in [2.45, 2.75) is 25.4 Å². The van der Waals surface area contributed by atoms with Gasteiger partial charge < -0.3 is 5.32 Å². The monoisotopic (exact) mass is 282 g/mol. The van der Waals surface area contributed by atoms with Gasteiger partial charge in [-0.05, 0) is 48.2 Å². The zero-order valence-corrected chi connectivity index (χ0v) is 11.5. The summed E-state index contributed by atoms with van der Waals surface area (Å²) < 4.78 is 15.2. The highest BCUT2D eigenvalue weighted by atomic mass is 19.1. The summed E-state index contributed by atoms with van der Waals surface area (Å²) in [6.45, 7) is 0.645. The van der Waals surface area contributed by atoms with Crippen LogP contribution in [0, 0.1) is 5.82 Å². The van der Waals surface area contributed by atoms with Gasteiger partial charge in [-0.25, -0.2) is 4.39 Å². The number of pyridine rings is 1. The molecule has 1 aromatic carbocycles. The second kappa shape index (κ2) is 4.93. The lowest BCUT2D eigenvalue weighted by Crippen LogP contribution is -2.20. The van der Waals surface area contributed by atoms with Gasteiger partial charge in [0.25, 0.3) is 0 Å². The number of nitrogens with one attached hydrogen (secondary N) is 1. The van der Waals surface area contributed by atoms with E-state index in [4.69, 9.17) is 0 Å². The van der Waals surface area contributed by atoms with Crippen LogP contribution in [0.5, 0.6) is 0 Å². The van der Waals surface area contributed by atoms with Crippen LogP contribution in [0.4, 0.5) is 4.39 Å². The Kier molecular flexibility index (Phi) is 2.93. The summed E-state index contributed by atoms with van der Waals surface area (Å²) in [5.74, 6) is 0.735. The molecule has 2 aromatic heterocycles. The minimum atomic E-state index is -0.155. The van der Waals surface area contributed by atoms with Crippen LogP contribution < -0.4 is 5.32 Å². The zero-order chi connectivity index (χ0) is 14.2. The number of rotatable bonds is 3. The molecule has 1 unspecified atom stereocenters. The van der Waals surface area contributed by atoms with Gasteiger partial charge in [0.05, 0.1) is 6.54 Å². The SMILES string of the molecule is Fc1ccc2c(c1)CCC2NCc1nnc2ccccn12. The highest BCUT2D eigenvalue weighted by molar-refractivity contribution is 5.37. The second-order valence-electron chi connectivity index (χ2n) is 5.36. The number of halogens is 1. The van der Waals surface area contributed by atoms with E-state index in [1.54, 1.807) is 6.07 Å². The summed E-state index contributed by atoms with van der Waals surface area (Å²) in [7, 11) is 0. The maximum absolute atomic E-state index is 13.2. The number of hydrogen-bond acceptors (Lipinski definition) is 3. The Morgan fingerprint density at radius 3 is 3.14 bits per heavy atom. The number of nitrogens with zero attached hydrogens (tertiary/aromatic N) is 3. The molecule has 4 nitrogen and oxygen atoms in total. The van der Waals surface area contributed by atoms with E-state index in [2.05, 4.69) is 15.5 Å². The molecule has 1 aliphatic carbocycles. The number of hydrogen-bond donors (Lipinski definition) is 1. The number of aryl methyl sites for hydroxylation is 1. The minimum Gasteiger partial charge on any atom is -0.303 e. The Morgan fingerprint density at radius 1 is 1.24 bits per heavy atom. The normalized spacial score (nSPS) is 17.3. The smallest absolute Gasteiger partial charge is 0.160 e. The molecule has 0 aliphatic heterocycles. The van der Waals surface area contributed by atoms with Crippen LogP contribution in [0.2, 0.25) is 0 Å². The third kappa shape index (κ3) is 2.19. The molecular formula is C16H15FN4. The molecule has 4 rings (SSSR count). The number of fused-ring (bicyclic) bond motifs is 2. The van der Waals surface area contributed by atoms with E-state index in [1.165, 1.54) is 11.6 Å². The lowest BCUT2D eigenvalue weighted by atomic mass is 10.1. The average Bonchev–Trinajstić information content (AvgIpc) is 3.08. The summed E-state index contributed by atoms with van der Waals surface area (Å²) in [5.41, 5.74) is 3.16. The fourth-order valence-electron chi connectivity index (χ4n) is 3.02. The first-order chi connectivity index (χ1) is 10.3. The molecule has 0 bridgehead atoms. The fourth-order valence-corrected chi connectivity index (χ4v) is 3.02. The van der Waals surface area contributed by atoms with Crippen molar-refractivity contribution >= 4 is 5.65 Å². The molecule has 1 aliphatic rings. The molecule has 5 heteroatoms. The van der Waals surface area contributed by atoms with Gasteiger partial charge in [0.15, 0.2) is 11.5 Å². The molecule has 106 valence electrons. The number of aromatic nitrogens is 3. The third-order valence-electron chi connectivity index (χ3n) is 4.07. The van der Waals surface area contributed by atoms with Crippen molar-refractivity contribution in [3.8, 4) is 0 Å². The summed E-state index contributed by atoms with van der Waals surface area (Å²) in [4.78, 5) is 0.